The Bertz CT molecular complexity index is 541. The highest BCUT2D eigenvalue weighted by Crippen LogP contribution is 2.16. The highest BCUT2D eigenvalue weighted by Gasteiger charge is 2.10. The quantitative estimate of drug-likeness (QED) is 0.836. The number of sulfone groups is 1. The van der Waals surface area contributed by atoms with Crippen LogP contribution in [0.3, 0.4) is 0 Å². The van der Waals surface area contributed by atoms with Crippen molar-refractivity contribution in [3.63, 3.8) is 0 Å². The van der Waals surface area contributed by atoms with Gasteiger partial charge in [0.15, 0.2) is 0 Å². The lowest BCUT2D eigenvalue weighted by molar-refractivity contribution is -0.115. The number of hydrogen-bond acceptors (Lipinski definition) is 4. The fourth-order valence-electron chi connectivity index (χ4n) is 1.72. The highest BCUT2D eigenvalue weighted by molar-refractivity contribution is 7.90. The van der Waals surface area contributed by atoms with Gasteiger partial charge in [0.2, 0.25) is 5.91 Å². The summed E-state index contributed by atoms with van der Waals surface area (Å²) in [4.78, 5) is 11.3. The van der Waals surface area contributed by atoms with Crippen LogP contribution in [0.25, 0.3) is 0 Å². The third-order valence-electron chi connectivity index (χ3n) is 2.43. The van der Waals surface area contributed by atoms with Crippen LogP contribution in [0.15, 0.2) is 24.3 Å². The van der Waals surface area contributed by atoms with E-state index >= 15 is 0 Å². The summed E-state index contributed by atoms with van der Waals surface area (Å²) >= 11 is 0. The van der Waals surface area contributed by atoms with Crippen molar-refractivity contribution in [1.82, 2.24) is 0 Å². The molecule has 0 aromatic heterocycles. The molecule has 0 fully saturated rings. The minimum absolute atomic E-state index is 0.0543. The van der Waals surface area contributed by atoms with Crippen molar-refractivity contribution >= 4 is 27.1 Å². The lowest BCUT2D eigenvalue weighted by atomic mass is 10.2. The van der Waals surface area contributed by atoms with E-state index in [0.29, 0.717) is 12.1 Å². The second-order valence-electron chi connectivity index (χ2n) is 4.62. The second-order valence-corrected chi connectivity index (χ2v) is 6.81. The Kier molecular flexibility index (Phi) is 5.35. The molecule has 0 saturated carbocycles. The van der Waals surface area contributed by atoms with Gasteiger partial charge in [0.1, 0.15) is 9.84 Å². The standard InChI is InChI=1S/C13H20N2O3S/c1-4-13(16)15-12-7-5-6-11(8-12)14-10(2)9-19(3,17)18/h5-8,10,14H,4,9H2,1-3H3,(H,15,16). The number of amides is 1. The van der Waals surface area contributed by atoms with Gasteiger partial charge < -0.3 is 10.6 Å². The molecule has 0 radical (unpaired) electrons. The summed E-state index contributed by atoms with van der Waals surface area (Å²) < 4.78 is 22.4. The summed E-state index contributed by atoms with van der Waals surface area (Å²) in [6.45, 7) is 3.59. The van der Waals surface area contributed by atoms with Crippen molar-refractivity contribution in [1.29, 1.82) is 0 Å². The molecule has 0 aliphatic carbocycles. The number of benzene rings is 1. The van der Waals surface area contributed by atoms with Crippen LogP contribution in [0.2, 0.25) is 0 Å². The van der Waals surface area contributed by atoms with E-state index in [9.17, 15) is 13.2 Å². The molecule has 1 atom stereocenters. The Morgan fingerprint density at radius 1 is 1.32 bits per heavy atom. The van der Waals surface area contributed by atoms with Crippen LogP contribution in [-0.4, -0.2) is 32.4 Å². The third-order valence-corrected chi connectivity index (χ3v) is 3.54. The summed E-state index contributed by atoms with van der Waals surface area (Å²) in [5.41, 5.74) is 1.48. The maximum Gasteiger partial charge on any atom is 0.224 e. The Labute approximate surface area is 114 Å². The van der Waals surface area contributed by atoms with E-state index in [1.807, 2.05) is 6.07 Å². The molecule has 0 aliphatic rings. The molecular formula is C13H20N2O3S. The molecule has 1 amide bonds. The number of anilines is 2. The van der Waals surface area contributed by atoms with E-state index in [2.05, 4.69) is 10.6 Å². The maximum absolute atomic E-state index is 11.3. The Balaban J connectivity index is 2.69. The Morgan fingerprint density at radius 3 is 2.53 bits per heavy atom. The van der Waals surface area contributed by atoms with Crippen LogP contribution in [0.5, 0.6) is 0 Å². The molecule has 0 heterocycles. The van der Waals surface area contributed by atoms with Crippen molar-refractivity contribution in [2.45, 2.75) is 26.3 Å². The average molecular weight is 284 g/mol. The first-order valence-corrected chi connectivity index (χ1v) is 8.20. The van der Waals surface area contributed by atoms with E-state index in [1.165, 1.54) is 6.26 Å². The normalized spacial score (nSPS) is 12.8. The van der Waals surface area contributed by atoms with Crippen LogP contribution < -0.4 is 10.6 Å². The zero-order valence-corrected chi connectivity index (χ0v) is 12.3. The van der Waals surface area contributed by atoms with Gasteiger partial charge in [-0.15, -0.1) is 0 Å². The molecule has 1 rings (SSSR count). The van der Waals surface area contributed by atoms with Crippen molar-refractivity contribution < 1.29 is 13.2 Å². The minimum Gasteiger partial charge on any atom is -0.382 e. The topological polar surface area (TPSA) is 75.3 Å². The molecule has 106 valence electrons. The summed E-state index contributed by atoms with van der Waals surface area (Å²) in [5.74, 6) is 0.0137. The maximum atomic E-state index is 11.3. The van der Waals surface area contributed by atoms with E-state index in [-0.39, 0.29) is 17.7 Å². The first kappa shape index (κ1) is 15.5. The van der Waals surface area contributed by atoms with Gasteiger partial charge >= 0.3 is 0 Å². The summed E-state index contributed by atoms with van der Waals surface area (Å²) in [6.07, 6.45) is 1.63. The SMILES string of the molecule is CCC(=O)Nc1cccc(NC(C)CS(C)(=O)=O)c1. The third kappa shape index (κ3) is 6.24. The van der Waals surface area contributed by atoms with Gasteiger partial charge in [0.25, 0.3) is 0 Å². The van der Waals surface area contributed by atoms with Crippen LogP contribution in [0.4, 0.5) is 11.4 Å². The van der Waals surface area contributed by atoms with Crippen molar-refractivity contribution in [2.75, 3.05) is 22.6 Å². The van der Waals surface area contributed by atoms with Gasteiger partial charge in [0.05, 0.1) is 5.75 Å². The fraction of sp³-hybridized carbons (Fsp3) is 0.462. The Hall–Kier alpha value is -1.56. The number of hydrogen-bond donors (Lipinski definition) is 2. The van der Waals surface area contributed by atoms with E-state index in [1.54, 1.807) is 32.0 Å². The van der Waals surface area contributed by atoms with Crippen LogP contribution in [0, 0.1) is 0 Å². The minimum atomic E-state index is -3.01. The van der Waals surface area contributed by atoms with Crippen LogP contribution >= 0.6 is 0 Å². The molecule has 1 unspecified atom stereocenters. The number of rotatable bonds is 6. The van der Waals surface area contributed by atoms with Gasteiger partial charge in [-0.3, -0.25) is 4.79 Å². The summed E-state index contributed by atoms with van der Waals surface area (Å²) in [5, 5.41) is 5.86. The van der Waals surface area contributed by atoms with Crippen LogP contribution in [-0.2, 0) is 14.6 Å². The lowest BCUT2D eigenvalue weighted by Crippen LogP contribution is -2.25. The molecule has 5 nitrogen and oxygen atoms in total. The first-order chi connectivity index (χ1) is 8.80. The highest BCUT2D eigenvalue weighted by atomic mass is 32.2. The zero-order valence-electron chi connectivity index (χ0n) is 11.4. The van der Waals surface area contributed by atoms with Gasteiger partial charge in [-0.25, -0.2) is 8.42 Å². The fourth-order valence-corrected chi connectivity index (χ4v) is 2.71. The zero-order chi connectivity index (χ0) is 14.5. The predicted octanol–water partition coefficient (Wildman–Crippen LogP) is 1.88. The van der Waals surface area contributed by atoms with Crippen molar-refractivity contribution in [3.05, 3.63) is 24.3 Å². The first-order valence-electron chi connectivity index (χ1n) is 6.14. The molecule has 1 aromatic rings. The largest absolute Gasteiger partial charge is 0.382 e. The predicted molar refractivity (Wildman–Crippen MR) is 78.2 cm³/mol. The van der Waals surface area contributed by atoms with Gasteiger partial charge in [0, 0.05) is 30.1 Å². The van der Waals surface area contributed by atoms with E-state index < -0.39 is 9.84 Å². The second kappa shape index (κ2) is 6.56. The van der Waals surface area contributed by atoms with Crippen LogP contribution in [0.1, 0.15) is 20.3 Å². The smallest absolute Gasteiger partial charge is 0.224 e. The van der Waals surface area contributed by atoms with Crippen molar-refractivity contribution in [2.24, 2.45) is 0 Å². The average Bonchev–Trinajstić information content (AvgIpc) is 2.26. The van der Waals surface area contributed by atoms with Gasteiger partial charge in [-0.05, 0) is 25.1 Å². The Morgan fingerprint density at radius 2 is 1.95 bits per heavy atom. The summed E-state index contributed by atoms with van der Waals surface area (Å²) in [7, 11) is -3.01. The van der Waals surface area contributed by atoms with Gasteiger partial charge in [-0.1, -0.05) is 13.0 Å². The van der Waals surface area contributed by atoms with Gasteiger partial charge in [-0.2, -0.15) is 0 Å². The molecule has 1 aromatic carbocycles. The van der Waals surface area contributed by atoms with Crippen molar-refractivity contribution in [3.8, 4) is 0 Å². The molecule has 6 heteroatoms. The lowest BCUT2D eigenvalue weighted by Gasteiger charge is -2.15. The molecule has 0 aliphatic heterocycles. The molecular weight excluding hydrogens is 264 g/mol. The molecule has 0 bridgehead atoms. The molecule has 0 spiro atoms. The van der Waals surface area contributed by atoms with E-state index in [0.717, 1.165) is 5.69 Å². The van der Waals surface area contributed by atoms with E-state index in [4.69, 9.17) is 0 Å². The summed E-state index contributed by atoms with van der Waals surface area (Å²) in [6, 6.07) is 7.03. The number of nitrogens with one attached hydrogen (secondary N) is 2. The molecule has 19 heavy (non-hydrogen) atoms. The number of carbonyl (C=O) groups excluding carboxylic acids is 1. The molecule has 2 N–H and O–H groups in total. The number of carbonyl (C=O) groups is 1. The monoisotopic (exact) mass is 284 g/mol. The molecule has 0 saturated heterocycles.